The van der Waals surface area contributed by atoms with E-state index in [1.807, 2.05) is 12.1 Å². The van der Waals surface area contributed by atoms with Crippen LogP contribution in [0.25, 0.3) is 0 Å². The molecule has 0 fully saturated rings. The van der Waals surface area contributed by atoms with Crippen molar-refractivity contribution >= 4 is 0 Å². The first-order valence-electron chi connectivity index (χ1n) is 9.40. The van der Waals surface area contributed by atoms with Gasteiger partial charge in [-0.1, -0.05) is 65.8 Å². The average Bonchev–Trinajstić information content (AvgIpc) is 2.59. The molecule has 136 valence electrons. The van der Waals surface area contributed by atoms with Crippen molar-refractivity contribution in [1.29, 1.82) is 0 Å². The molecule has 0 radical (unpaired) electrons. The molecule has 0 aromatic heterocycles. The summed E-state index contributed by atoms with van der Waals surface area (Å²) < 4.78 is 0. The van der Waals surface area contributed by atoms with Crippen LogP contribution < -0.4 is 0 Å². The first-order valence-corrected chi connectivity index (χ1v) is 9.40. The van der Waals surface area contributed by atoms with Crippen molar-refractivity contribution in [2.45, 2.75) is 71.6 Å². The zero-order valence-electron chi connectivity index (χ0n) is 16.4. The number of hydrogen-bond acceptors (Lipinski definition) is 2. The summed E-state index contributed by atoms with van der Waals surface area (Å²) in [5.41, 5.74) is 4.01. The number of phenols is 2. The molecule has 0 aliphatic heterocycles. The summed E-state index contributed by atoms with van der Waals surface area (Å²) in [6.45, 7) is 13.0. The second-order valence-electron chi connectivity index (χ2n) is 7.72. The lowest BCUT2D eigenvalue weighted by Crippen LogP contribution is -2.24. The Morgan fingerprint density at radius 1 is 0.760 bits per heavy atom. The quantitative estimate of drug-likeness (QED) is 0.634. The fourth-order valence-electron chi connectivity index (χ4n) is 3.79. The fourth-order valence-corrected chi connectivity index (χ4v) is 3.79. The molecule has 0 amide bonds. The van der Waals surface area contributed by atoms with Crippen molar-refractivity contribution in [1.82, 2.24) is 0 Å². The summed E-state index contributed by atoms with van der Waals surface area (Å²) >= 11 is 0. The molecule has 25 heavy (non-hydrogen) atoms. The molecule has 2 atom stereocenters. The van der Waals surface area contributed by atoms with Gasteiger partial charge in [0.05, 0.1) is 0 Å². The Kier molecular flexibility index (Phi) is 5.82. The van der Waals surface area contributed by atoms with Gasteiger partial charge in [-0.2, -0.15) is 0 Å². The van der Waals surface area contributed by atoms with E-state index in [-0.39, 0.29) is 17.3 Å². The van der Waals surface area contributed by atoms with E-state index in [0.29, 0.717) is 11.5 Å². The molecular formula is C23H32O2. The third-order valence-electron chi connectivity index (χ3n) is 5.72. The molecule has 2 aromatic rings. The van der Waals surface area contributed by atoms with Crippen molar-refractivity contribution in [3.8, 4) is 11.5 Å². The van der Waals surface area contributed by atoms with Crippen molar-refractivity contribution in [3.05, 3.63) is 58.7 Å². The maximum absolute atomic E-state index is 10.5. The van der Waals surface area contributed by atoms with Gasteiger partial charge in [-0.05, 0) is 47.9 Å². The monoisotopic (exact) mass is 340 g/mol. The minimum Gasteiger partial charge on any atom is -0.508 e. The maximum atomic E-state index is 10.5. The second kappa shape index (κ2) is 7.51. The van der Waals surface area contributed by atoms with Crippen LogP contribution in [-0.2, 0) is 5.41 Å². The van der Waals surface area contributed by atoms with Gasteiger partial charge in [0.1, 0.15) is 11.5 Å². The topological polar surface area (TPSA) is 40.5 Å². The van der Waals surface area contributed by atoms with Crippen LogP contribution in [0.2, 0.25) is 0 Å². The molecule has 2 heteroatoms. The van der Waals surface area contributed by atoms with E-state index in [1.165, 1.54) is 0 Å². The van der Waals surface area contributed by atoms with Gasteiger partial charge in [0.25, 0.3) is 0 Å². The highest BCUT2D eigenvalue weighted by Crippen LogP contribution is 2.45. The maximum Gasteiger partial charge on any atom is 0.119 e. The van der Waals surface area contributed by atoms with Crippen molar-refractivity contribution < 1.29 is 10.2 Å². The summed E-state index contributed by atoms with van der Waals surface area (Å²) in [5, 5.41) is 21.1. The third-order valence-corrected chi connectivity index (χ3v) is 5.72. The fraction of sp³-hybridized carbons (Fsp3) is 0.478. The molecule has 0 bridgehead atoms. The van der Waals surface area contributed by atoms with Gasteiger partial charge in [0.15, 0.2) is 0 Å². The number of hydrogen-bond donors (Lipinski definition) is 2. The predicted molar refractivity (Wildman–Crippen MR) is 106 cm³/mol. The molecule has 0 aliphatic rings. The van der Waals surface area contributed by atoms with Gasteiger partial charge in [-0.15, -0.1) is 0 Å². The Morgan fingerprint density at radius 3 is 1.44 bits per heavy atom. The van der Waals surface area contributed by atoms with Crippen LogP contribution in [0.1, 0.15) is 88.5 Å². The molecule has 2 N–H and O–H groups in total. The summed E-state index contributed by atoms with van der Waals surface area (Å²) in [4.78, 5) is 0. The molecule has 0 heterocycles. The highest BCUT2D eigenvalue weighted by atomic mass is 16.3. The Balaban J connectivity index is 2.73. The zero-order valence-corrected chi connectivity index (χ0v) is 16.4. The normalized spacial score (nSPS) is 14.3. The standard InChI is InChI=1S/C23H32O2/c1-7-15(3)21-17(11-9-13-19(21)24)23(5,6)18-12-10-14-20(25)22(18)16(4)8-2/h9-16,24-25H,7-8H2,1-6H3. The van der Waals surface area contributed by atoms with E-state index in [4.69, 9.17) is 0 Å². The van der Waals surface area contributed by atoms with Gasteiger partial charge in [0.2, 0.25) is 0 Å². The Hall–Kier alpha value is -1.96. The van der Waals surface area contributed by atoms with Gasteiger partial charge in [-0.3, -0.25) is 0 Å². The van der Waals surface area contributed by atoms with E-state index in [1.54, 1.807) is 12.1 Å². The molecule has 2 rings (SSSR count). The second-order valence-corrected chi connectivity index (χ2v) is 7.72. The Bertz CT molecular complexity index is 669. The highest BCUT2D eigenvalue weighted by molar-refractivity contribution is 5.54. The van der Waals surface area contributed by atoms with E-state index >= 15 is 0 Å². The van der Waals surface area contributed by atoms with Gasteiger partial charge < -0.3 is 10.2 Å². The van der Waals surface area contributed by atoms with Crippen molar-refractivity contribution in [3.63, 3.8) is 0 Å². The lowest BCUT2D eigenvalue weighted by molar-refractivity contribution is 0.450. The van der Waals surface area contributed by atoms with Crippen LogP contribution in [0.15, 0.2) is 36.4 Å². The van der Waals surface area contributed by atoms with Crippen LogP contribution in [0.5, 0.6) is 11.5 Å². The Labute approximate surface area is 152 Å². The van der Waals surface area contributed by atoms with Crippen molar-refractivity contribution in [2.75, 3.05) is 0 Å². The molecule has 2 unspecified atom stereocenters. The lowest BCUT2D eigenvalue weighted by atomic mass is 9.70. The molecule has 0 saturated carbocycles. The summed E-state index contributed by atoms with van der Waals surface area (Å²) in [5.74, 6) is 1.29. The average molecular weight is 341 g/mol. The van der Waals surface area contributed by atoms with E-state index < -0.39 is 0 Å². The van der Waals surface area contributed by atoms with Gasteiger partial charge >= 0.3 is 0 Å². The highest BCUT2D eigenvalue weighted by Gasteiger charge is 2.32. The molecule has 2 nitrogen and oxygen atoms in total. The van der Waals surface area contributed by atoms with Gasteiger partial charge in [0, 0.05) is 16.5 Å². The van der Waals surface area contributed by atoms with E-state index in [0.717, 1.165) is 35.1 Å². The number of rotatable bonds is 6. The number of phenolic OH excluding ortho intramolecular Hbond substituents is 2. The molecule has 2 aromatic carbocycles. The van der Waals surface area contributed by atoms with Gasteiger partial charge in [-0.25, -0.2) is 0 Å². The SMILES string of the molecule is CCC(C)c1c(O)cccc1C(C)(C)c1cccc(O)c1C(C)CC. The first kappa shape index (κ1) is 19.4. The van der Waals surface area contributed by atoms with Crippen molar-refractivity contribution in [2.24, 2.45) is 0 Å². The number of aromatic hydroxyl groups is 2. The van der Waals surface area contributed by atoms with Crippen LogP contribution in [0, 0.1) is 0 Å². The minimum absolute atomic E-state index is 0.278. The molecule has 0 saturated heterocycles. The lowest BCUT2D eigenvalue weighted by Gasteiger charge is -2.34. The molecular weight excluding hydrogens is 308 g/mol. The van der Waals surface area contributed by atoms with Crippen LogP contribution in [-0.4, -0.2) is 10.2 Å². The minimum atomic E-state index is -0.311. The summed E-state index contributed by atoms with van der Waals surface area (Å²) in [6, 6.07) is 11.6. The zero-order chi connectivity index (χ0) is 18.8. The predicted octanol–water partition coefficient (Wildman–Crippen LogP) is 6.45. The van der Waals surface area contributed by atoms with Crippen LogP contribution >= 0.6 is 0 Å². The summed E-state index contributed by atoms with van der Waals surface area (Å²) in [7, 11) is 0. The van der Waals surface area contributed by atoms with Crippen LogP contribution in [0.4, 0.5) is 0 Å². The smallest absolute Gasteiger partial charge is 0.119 e. The number of benzene rings is 2. The molecule has 0 aliphatic carbocycles. The van der Waals surface area contributed by atoms with Crippen LogP contribution in [0.3, 0.4) is 0 Å². The largest absolute Gasteiger partial charge is 0.508 e. The molecule has 0 spiro atoms. The first-order chi connectivity index (χ1) is 11.8. The van der Waals surface area contributed by atoms with E-state index in [2.05, 4.69) is 53.7 Å². The third kappa shape index (κ3) is 3.53. The van der Waals surface area contributed by atoms with E-state index in [9.17, 15) is 10.2 Å². The Morgan fingerprint density at radius 2 is 1.12 bits per heavy atom. The summed E-state index contributed by atoms with van der Waals surface area (Å²) in [6.07, 6.45) is 1.94.